The molecule has 2 heterocycles. The Morgan fingerprint density at radius 1 is 1.10 bits per heavy atom. The molecule has 1 amide bonds. The third-order valence-corrected chi connectivity index (χ3v) is 8.58. The van der Waals surface area contributed by atoms with E-state index in [0.29, 0.717) is 28.0 Å². The Labute approximate surface area is 232 Å². The Morgan fingerprint density at radius 3 is 2.59 bits per heavy atom. The highest BCUT2D eigenvalue weighted by molar-refractivity contribution is 7.16. The summed E-state index contributed by atoms with van der Waals surface area (Å²) in [4.78, 5) is 30.9. The van der Waals surface area contributed by atoms with E-state index in [1.807, 2.05) is 43.3 Å². The minimum Gasteiger partial charge on any atom is -0.478 e. The molecule has 0 spiro atoms. The Hall–Kier alpha value is -3.97. The van der Waals surface area contributed by atoms with Crippen molar-refractivity contribution in [3.05, 3.63) is 93.6 Å². The monoisotopic (exact) mass is 540 g/mol. The average molecular weight is 541 g/mol. The zero-order chi connectivity index (χ0) is 27.7. The molecule has 0 fully saturated rings. The molecule has 1 aliphatic carbocycles. The maximum Gasteiger partial charge on any atom is 0.335 e. The lowest BCUT2D eigenvalue weighted by Gasteiger charge is -2.33. The molecule has 6 nitrogen and oxygen atoms in total. The first kappa shape index (κ1) is 26.6. The summed E-state index contributed by atoms with van der Waals surface area (Å²) in [6.45, 7) is 8.75. The molecule has 4 aromatic rings. The number of carboxylic acid groups (broad SMARTS) is 1. The minimum atomic E-state index is -0.985. The van der Waals surface area contributed by atoms with Gasteiger partial charge in [0.25, 0.3) is 5.91 Å². The van der Waals surface area contributed by atoms with Gasteiger partial charge in [-0.2, -0.15) is 0 Å². The van der Waals surface area contributed by atoms with Crippen LogP contribution < -0.4 is 5.32 Å². The van der Waals surface area contributed by atoms with Crippen LogP contribution in [-0.2, 0) is 12.8 Å². The van der Waals surface area contributed by atoms with Crippen molar-refractivity contribution in [2.45, 2.75) is 47.0 Å². The Balaban J connectivity index is 1.47. The Bertz CT molecular complexity index is 1560. The van der Waals surface area contributed by atoms with E-state index in [1.165, 1.54) is 4.88 Å². The van der Waals surface area contributed by atoms with Crippen LogP contribution in [0.1, 0.15) is 69.7 Å². The lowest BCUT2D eigenvalue weighted by molar-refractivity contribution is 0.0696. The Morgan fingerprint density at radius 2 is 1.87 bits per heavy atom. The topological polar surface area (TPSA) is 91.9 Å². The molecule has 0 aliphatic heterocycles. The molecule has 2 aromatic carbocycles. The molecule has 5 rings (SSSR count). The smallest absolute Gasteiger partial charge is 0.335 e. The number of carboxylic acids is 1. The third kappa shape index (κ3) is 5.73. The number of aromatic carboxylic acids is 1. The first-order valence-electron chi connectivity index (χ1n) is 13.1. The number of thiophene rings is 1. The van der Waals surface area contributed by atoms with Gasteiger partial charge in [-0.3, -0.25) is 4.79 Å². The van der Waals surface area contributed by atoms with Crippen LogP contribution >= 0.6 is 11.3 Å². The van der Waals surface area contributed by atoms with Crippen molar-refractivity contribution in [1.82, 2.24) is 0 Å². The van der Waals surface area contributed by atoms with Crippen molar-refractivity contribution >= 4 is 40.1 Å². The molecule has 2 N–H and O–H groups in total. The second kappa shape index (κ2) is 10.7. The van der Waals surface area contributed by atoms with Crippen molar-refractivity contribution in [3.8, 4) is 11.3 Å². The maximum absolute atomic E-state index is 13.5. The number of para-hydroxylation sites is 1. The van der Waals surface area contributed by atoms with Crippen LogP contribution in [0.25, 0.3) is 11.3 Å². The summed E-state index contributed by atoms with van der Waals surface area (Å²) in [7, 11) is 0. The summed E-state index contributed by atoms with van der Waals surface area (Å²) >= 11 is 1.59. The number of rotatable bonds is 6. The van der Waals surface area contributed by atoms with Gasteiger partial charge in [-0.05, 0) is 85.0 Å². The zero-order valence-electron chi connectivity index (χ0n) is 22.6. The van der Waals surface area contributed by atoms with E-state index in [0.717, 1.165) is 41.6 Å². The SMILES string of the molecule is Cc1ccc(C(=O)O)cc1-c1ccc(C=Nc2sc3c(c2C(=O)Nc2ccccc2)CC[C@@H](C(C)(C)C)C3)o1. The number of nitrogens with one attached hydrogen (secondary N) is 1. The molecule has 1 aliphatic rings. The molecule has 0 radical (unpaired) electrons. The van der Waals surface area contributed by atoms with E-state index >= 15 is 0 Å². The average Bonchev–Trinajstić information content (AvgIpc) is 3.51. The molecule has 7 heteroatoms. The molecular weight excluding hydrogens is 508 g/mol. The summed E-state index contributed by atoms with van der Waals surface area (Å²) in [5.74, 6) is 0.501. The van der Waals surface area contributed by atoms with E-state index in [2.05, 4.69) is 26.1 Å². The van der Waals surface area contributed by atoms with Crippen molar-refractivity contribution in [2.24, 2.45) is 16.3 Å². The summed E-state index contributed by atoms with van der Waals surface area (Å²) in [5, 5.41) is 13.1. The summed E-state index contributed by atoms with van der Waals surface area (Å²) in [6, 6.07) is 18.0. The number of nitrogens with zero attached hydrogens (tertiary/aromatic N) is 1. The van der Waals surface area contributed by atoms with E-state index < -0.39 is 5.97 Å². The summed E-state index contributed by atoms with van der Waals surface area (Å²) in [6.07, 6.45) is 4.47. The number of amides is 1. The molecule has 1 atom stereocenters. The quantitative estimate of drug-likeness (QED) is 0.241. The van der Waals surface area contributed by atoms with Crippen molar-refractivity contribution in [2.75, 3.05) is 5.32 Å². The fourth-order valence-electron chi connectivity index (χ4n) is 5.06. The lowest BCUT2D eigenvalue weighted by Crippen LogP contribution is -2.27. The van der Waals surface area contributed by atoms with Crippen LogP contribution in [-0.4, -0.2) is 23.2 Å². The van der Waals surface area contributed by atoms with Gasteiger partial charge in [0.2, 0.25) is 0 Å². The van der Waals surface area contributed by atoms with Gasteiger partial charge in [-0.15, -0.1) is 11.3 Å². The normalized spacial score (nSPS) is 15.3. The molecule has 0 bridgehead atoms. The van der Waals surface area contributed by atoms with Gasteiger partial charge in [0, 0.05) is 16.1 Å². The van der Waals surface area contributed by atoms with Gasteiger partial charge in [0.05, 0.1) is 17.3 Å². The fraction of sp³-hybridized carbons (Fsp3) is 0.281. The second-order valence-electron chi connectivity index (χ2n) is 11.1. The van der Waals surface area contributed by atoms with Crippen LogP contribution in [0.5, 0.6) is 0 Å². The second-order valence-corrected chi connectivity index (χ2v) is 12.2. The van der Waals surface area contributed by atoms with Gasteiger partial charge in [-0.1, -0.05) is 45.0 Å². The van der Waals surface area contributed by atoms with E-state index in [4.69, 9.17) is 9.41 Å². The highest BCUT2D eigenvalue weighted by Gasteiger charge is 2.33. The lowest BCUT2D eigenvalue weighted by atomic mass is 9.72. The fourth-order valence-corrected chi connectivity index (χ4v) is 6.33. The molecule has 200 valence electrons. The van der Waals surface area contributed by atoms with Gasteiger partial charge in [-0.25, -0.2) is 9.79 Å². The molecule has 0 saturated carbocycles. The van der Waals surface area contributed by atoms with Gasteiger partial charge in [0.15, 0.2) is 0 Å². The molecule has 39 heavy (non-hydrogen) atoms. The number of furan rings is 1. The number of anilines is 1. The van der Waals surface area contributed by atoms with Crippen molar-refractivity contribution in [1.29, 1.82) is 0 Å². The van der Waals surface area contributed by atoms with E-state index in [1.54, 1.807) is 41.8 Å². The maximum atomic E-state index is 13.5. The van der Waals surface area contributed by atoms with Crippen molar-refractivity contribution in [3.63, 3.8) is 0 Å². The number of aliphatic imine (C=N–C) groups is 1. The first-order valence-corrected chi connectivity index (χ1v) is 13.9. The molecular formula is C32H32N2O4S. The van der Waals surface area contributed by atoms with Gasteiger partial charge >= 0.3 is 5.97 Å². The Kier molecular flexibility index (Phi) is 7.28. The van der Waals surface area contributed by atoms with Crippen LogP contribution in [0.3, 0.4) is 0 Å². The zero-order valence-corrected chi connectivity index (χ0v) is 23.4. The van der Waals surface area contributed by atoms with Crippen LogP contribution in [0.15, 0.2) is 70.1 Å². The largest absolute Gasteiger partial charge is 0.478 e. The van der Waals surface area contributed by atoms with Crippen LogP contribution in [0.4, 0.5) is 10.7 Å². The predicted octanol–water partition coefficient (Wildman–Crippen LogP) is 8.17. The highest BCUT2D eigenvalue weighted by atomic mass is 32.1. The number of hydrogen-bond donors (Lipinski definition) is 2. The number of aryl methyl sites for hydroxylation is 1. The minimum absolute atomic E-state index is 0.152. The molecule has 0 saturated heterocycles. The molecule has 0 unspecified atom stereocenters. The number of benzene rings is 2. The highest BCUT2D eigenvalue weighted by Crippen LogP contribution is 2.45. The summed E-state index contributed by atoms with van der Waals surface area (Å²) in [5.41, 5.74) is 4.51. The molecule has 2 aromatic heterocycles. The van der Waals surface area contributed by atoms with E-state index in [9.17, 15) is 14.7 Å². The van der Waals surface area contributed by atoms with Gasteiger partial charge in [0.1, 0.15) is 16.5 Å². The first-order chi connectivity index (χ1) is 18.6. The van der Waals surface area contributed by atoms with Gasteiger partial charge < -0.3 is 14.8 Å². The number of hydrogen-bond acceptors (Lipinski definition) is 5. The van der Waals surface area contributed by atoms with Crippen LogP contribution in [0.2, 0.25) is 0 Å². The number of carbonyl (C=O) groups excluding carboxylic acids is 1. The number of carbonyl (C=O) groups is 2. The number of fused-ring (bicyclic) bond motifs is 1. The summed E-state index contributed by atoms with van der Waals surface area (Å²) < 4.78 is 6.03. The standard InChI is InChI=1S/C32H32N2O4S/c1-19-10-11-20(31(36)37)16-25(19)26-15-13-23(38-26)18-33-30-28(29(35)34-22-8-6-5-7-9-22)24-14-12-21(32(2,3)4)17-27(24)39-30/h5-11,13,15-16,18,21H,12,14,17H2,1-4H3,(H,34,35)(H,36,37)/t21-/m1/s1. The predicted molar refractivity (Wildman–Crippen MR) is 157 cm³/mol. The van der Waals surface area contributed by atoms with Crippen molar-refractivity contribution < 1.29 is 19.1 Å². The third-order valence-electron chi connectivity index (χ3n) is 7.42. The van der Waals surface area contributed by atoms with E-state index in [-0.39, 0.29) is 16.9 Å². The van der Waals surface area contributed by atoms with Crippen LogP contribution in [0, 0.1) is 18.3 Å².